The van der Waals surface area contributed by atoms with Gasteiger partial charge in [0.1, 0.15) is 0 Å². The van der Waals surface area contributed by atoms with Crippen LogP contribution in [0.5, 0.6) is 11.5 Å². The number of ether oxygens (including phenoxy) is 2. The van der Waals surface area contributed by atoms with Crippen molar-refractivity contribution in [1.82, 2.24) is 0 Å². The predicted molar refractivity (Wildman–Crippen MR) is 63.3 cm³/mol. The van der Waals surface area contributed by atoms with E-state index in [-0.39, 0.29) is 5.78 Å². The monoisotopic (exact) mass is 223 g/mol. The molecule has 0 aliphatic rings. The van der Waals surface area contributed by atoms with Crippen LogP contribution in [-0.4, -0.2) is 26.5 Å². The van der Waals surface area contributed by atoms with Crippen molar-refractivity contribution in [1.29, 1.82) is 0 Å². The molecular formula is C12H17NO3. The first-order valence-electron chi connectivity index (χ1n) is 5.18. The van der Waals surface area contributed by atoms with Gasteiger partial charge in [0.25, 0.3) is 0 Å². The molecule has 0 radical (unpaired) electrons. The molecule has 0 spiro atoms. The summed E-state index contributed by atoms with van der Waals surface area (Å²) in [5.41, 5.74) is 0.847. The van der Waals surface area contributed by atoms with Gasteiger partial charge >= 0.3 is 0 Å². The molecule has 0 unspecified atom stereocenters. The van der Waals surface area contributed by atoms with Gasteiger partial charge in [-0.3, -0.25) is 4.79 Å². The number of rotatable bonds is 6. The quantitative estimate of drug-likeness (QED) is 0.802. The Morgan fingerprint density at radius 1 is 1.25 bits per heavy atom. The Hall–Kier alpha value is -1.71. The molecule has 16 heavy (non-hydrogen) atoms. The minimum Gasteiger partial charge on any atom is -0.493 e. The normalized spacial score (nSPS) is 9.69. The van der Waals surface area contributed by atoms with Crippen molar-refractivity contribution >= 4 is 11.5 Å². The van der Waals surface area contributed by atoms with Crippen molar-refractivity contribution in [2.24, 2.45) is 0 Å². The lowest BCUT2D eigenvalue weighted by atomic mass is 10.2. The number of hydrogen-bond donors (Lipinski definition) is 1. The van der Waals surface area contributed by atoms with E-state index in [1.807, 2.05) is 19.1 Å². The maximum atomic E-state index is 11.1. The second-order valence-corrected chi connectivity index (χ2v) is 3.32. The molecule has 0 saturated carbocycles. The molecule has 1 N–H and O–H groups in total. The minimum atomic E-state index is 0.176. The zero-order chi connectivity index (χ0) is 12.0. The molecule has 0 bridgehead atoms. The summed E-state index contributed by atoms with van der Waals surface area (Å²) >= 11 is 0. The fourth-order valence-electron chi connectivity index (χ4n) is 1.27. The molecule has 0 amide bonds. The highest BCUT2D eigenvalue weighted by Gasteiger charge is 2.04. The largest absolute Gasteiger partial charge is 0.493 e. The summed E-state index contributed by atoms with van der Waals surface area (Å²) in [6.07, 6.45) is 0.542. The first-order chi connectivity index (χ1) is 7.71. The number of Topliss-reactive ketones (excluding diaryl/α,β-unsaturated/α-hetero) is 1. The summed E-state index contributed by atoms with van der Waals surface area (Å²) in [5.74, 6) is 1.50. The van der Waals surface area contributed by atoms with Crippen LogP contribution in [0.1, 0.15) is 13.3 Å². The van der Waals surface area contributed by atoms with E-state index in [4.69, 9.17) is 9.47 Å². The van der Waals surface area contributed by atoms with Crippen LogP contribution in [0.25, 0.3) is 0 Å². The van der Waals surface area contributed by atoms with Gasteiger partial charge in [0.05, 0.1) is 20.8 Å². The average Bonchev–Trinajstić information content (AvgIpc) is 2.35. The Morgan fingerprint density at radius 3 is 2.50 bits per heavy atom. The first-order valence-corrected chi connectivity index (χ1v) is 5.18. The second kappa shape index (κ2) is 6.00. The summed E-state index contributed by atoms with van der Waals surface area (Å²) in [4.78, 5) is 11.1. The first kappa shape index (κ1) is 12.4. The van der Waals surface area contributed by atoms with Crippen LogP contribution in [0.4, 0.5) is 5.69 Å². The smallest absolute Gasteiger partial charge is 0.162 e. The minimum absolute atomic E-state index is 0.176. The molecule has 0 aliphatic heterocycles. The number of benzene rings is 1. The van der Waals surface area contributed by atoms with E-state index in [1.54, 1.807) is 20.3 Å². The maximum absolute atomic E-state index is 11.1. The standard InChI is InChI=1S/C12H17NO3/c1-4-10(14)8-13-9-5-6-11(15-2)12(7-9)16-3/h5-7,13H,4,8H2,1-3H3. The molecule has 1 rings (SSSR count). The molecule has 0 fully saturated rings. The number of anilines is 1. The van der Waals surface area contributed by atoms with Gasteiger partial charge in [-0.15, -0.1) is 0 Å². The van der Waals surface area contributed by atoms with Crippen molar-refractivity contribution in [3.63, 3.8) is 0 Å². The summed E-state index contributed by atoms with van der Waals surface area (Å²) in [5, 5.41) is 3.04. The number of carbonyl (C=O) groups is 1. The topological polar surface area (TPSA) is 47.6 Å². The lowest BCUT2D eigenvalue weighted by molar-refractivity contribution is -0.117. The molecule has 0 aromatic heterocycles. The summed E-state index contributed by atoms with van der Waals surface area (Å²) in [6, 6.07) is 5.46. The molecule has 1 aromatic carbocycles. The number of nitrogens with one attached hydrogen (secondary N) is 1. The Balaban J connectivity index is 2.71. The van der Waals surface area contributed by atoms with Gasteiger partial charge in [-0.1, -0.05) is 6.92 Å². The van der Waals surface area contributed by atoms with Gasteiger partial charge in [0.2, 0.25) is 0 Å². The summed E-state index contributed by atoms with van der Waals surface area (Å²) in [6.45, 7) is 2.19. The fourth-order valence-corrected chi connectivity index (χ4v) is 1.27. The van der Waals surface area contributed by atoms with Crippen LogP contribution in [0, 0.1) is 0 Å². The molecule has 88 valence electrons. The van der Waals surface area contributed by atoms with E-state index in [9.17, 15) is 4.79 Å². The number of hydrogen-bond acceptors (Lipinski definition) is 4. The van der Waals surface area contributed by atoms with Crippen LogP contribution in [0.2, 0.25) is 0 Å². The zero-order valence-corrected chi connectivity index (χ0v) is 9.87. The van der Waals surface area contributed by atoms with E-state index in [1.165, 1.54) is 0 Å². The maximum Gasteiger partial charge on any atom is 0.162 e. The highest BCUT2D eigenvalue weighted by atomic mass is 16.5. The highest BCUT2D eigenvalue weighted by molar-refractivity contribution is 5.82. The molecule has 1 aromatic rings. The van der Waals surface area contributed by atoms with E-state index in [0.29, 0.717) is 24.5 Å². The Kier molecular flexibility index (Phi) is 4.64. The number of methoxy groups -OCH3 is 2. The molecule has 0 heterocycles. The van der Waals surface area contributed by atoms with Crippen LogP contribution in [0.15, 0.2) is 18.2 Å². The molecule has 4 heteroatoms. The molecule has 0 aliphatic carbocycles. The van der Waals surface area contributed by atoms with Gasteiger partial charge < -0.3 is 14.8 Å². The molecule has 0 atom stereocenters. The van der Waals surface area contributed by atoms with Crippen molar-refractivity contribution in [2.75, 3.05) is 26.1 Å². The average molecular weight is 223 g/mol. The van der Waals surface area contributed by atoms with Crippen molar-refractivity contribution in [3.8, 4) is 11.5 Å². The summed E-state index contributed by atoms with van der Waals surface area (Å²) < 4.78 is 10.3. The van der Waals surface area contributed by atoms with Gasteiger partial charge in [-0.25, -0.2) is 0 Å². The van der Waals surface area contributed by atoms with Crippen molar-refractivity contribution in [3.05, 3.63) is 18.2 Å². The predicted octanol–water partition coefficient (Wildman–Crippen LogP) is 2.09. The van der Waals surface area contributed by atoms with E-state index in [2.05, 4.69) is 5.32 Å². The SMILES string of the molecule is CCC(=O)CNc1ccc(OC)c(OC)c1. The van der Waals surface area contributed by atoms with E-state index >= 15 is 0 Å². The highest BCUT2D eigenvalue weighted by Crippen LogP contribution is 2.29. The number of carbonyl (C=O) groups excluding carboxylic acids is 1. The Morgan fingerprint density at radius 2 is 1.94 bits per heavy atom. The number of ketones is 1. The summed E-state index contributed by atoms with van der Waals surface area (Å²) in [7, 11) is 3.17. The van der Waals surface area contributed by atoms with Crippen molar-refractivity contribution in [2.45, 2.75) is 13.3 Å². The van der Waals surface area contributed by atoms with Gasteiger partial charge in [-0.2, -0.15) is 0 Å². The van der Waals surface area contributed by atoms with Gasteiger partial charge in [0, 0.05) is 18.2 Å². The lowest BCUT2D eigenvalue weighted by Crippen LogP contribution is -2.12. The van der Waals surface area contributed by atoms with E-state index < -0.39 is 0 Å². The molecular weight excluding hydrogens is 206 g/mol. The Labute approximate surface area is 95.6 Å². The molecule has 0 saturated heterocycles. The fraction of sp³-hybridized carbons (Fsp3) is 0.417. The Bertz CT molecular complexity index is 363. The molecule has 4 nitrogen and oxygen atoms in total. The van der Waals surface area contributed by atoms with Crippen LogP contribution in [0.3, 0.4) is 0 Å². The van der Waals surface area contributed by atoms with E-state index in [0.717, 1.165) is 5.69 Å². The third-order valence-electron chi connectivity index (χ3n) is 2.27. The second-order valence-electron chi connectivity index (χ2n) is 3.32. The van der Waals surface area contributed by atoms with Crippen molar-refractivity contribution < 1.29 is 14.3 Å². The van der Waals surface area contributed by atoms with Crippen LogP contribution >= 0.6 is 0 Å². The van der Waals surface area contributed by atoms with Gasteiger partial charge in [-0.05, 0) is 12.1 Å². The van der Waals surface area contributed by atoms with Gasteiger partial charge in [0.15, 0.2) is 17.3 Å². The third-order valence-corrected chi connectivity index (χ3v) is 2.27. The zero-order valence-electron chi connectivity index (χ0n) is 9.87. The lowest BCUT2D eigenvalue weighted by Gasteiger charge is -2.10. The third kappa shape index (κ3) is 3.15. The van der Waals surface area contributed by atoms with Crippen LogP contribution < -0.4 is 14.8 Å². The van der Waals surface area contributed by atoms with Crippen LogP contribution in [-0.2, 0) is 4.79 Å².